The fraction of sp³-hybridized carbons (Fsp3) is 0.240. The van der Waals surface area contributed by atoms with E-state index in [1.165, 1.54) is 35.4 Å². The summed E-state index contributed by atoms with van der Waals surface area (Å²) in [6.07, 6.45) is 3.35. The first-order valence-electron chi connectivity index (χ1n) is 11.1. The number of rotatable bonds is 3. The average Bonchev–Trinajstić information content (AvgIpc) is 3.32. The zero-order valence-corrected chi connectivity index (χ0v) is 19.5. The maximum Gasteiger partial charge on any atom is 0.412 e. The lowest BCUT2D eigenvalue weighted by atomic mass is 9.83. The lowest BCUT2D eigenvalue weighted by molar-refractivity contribution is -0.0419. The number of allylic oxidation sites excluding steroid dienone is 1. The number of H-pyrrole nitrogens is 1. The van der Waals surface area contributed by atoms with Gasteiger partial charge < -0.3 is 14.6 Å². The number of aromatic nitrogens is 2. The van der Waals surface area contributed by atoms with E-state index in [0.717, 1.165) is 5.56 Å². The Labute approximate surface area is 204 Å². The zero-order valence-electron chi connectivity index (χ0n) is 18.7. The minimum atomic E-state index is -1.36. The molecule has 0 radical (unpaired) electrons. The largest absolute Gasteiger partial charge is 0.436 e. The summed E-state index contributed by atoms with van der Waals surface area (Å²) in [5.41, 5.74) is 0.733. The molecule has 0 unspecified atom stereocenters. The summed E-state index contributed by atoms with van der Waals surface area (Å²) in [4.78, 5) is 34.5. The molecule has 35 heavy (non-hydrogen) atoms. The summed E-state index contributed by atoms with van der Waals surface area (Å²) >= 11 is 6.02. The van der Waals surface area contributed by atoms with E-state index in [-0.39, 0.29) is 40.2 Å². The molecule has 1 fully saturated rings. The number of benzene rings is 2. The first-order valence-corrected chi connectivity index (χ1v) is 11.4. The molecule has 2 N–H and O–H groups in total. The molecular formula is C25H21ClF2N4O3. The van der Waals surface area contributed by atoms with Crippen LogP contribution in [0.3, 0.4) is 0 Å². The summed E-state index contributed by atoms with van der Waals surface area (Å²) in [6.45, 7) is 2.18. The van der Waals surface area contributed by atoms with Crippen LogP contribution in [0.1, 0.15) is 47.2 Å². The molecule has 0 saturated carbocycles. The number of likely N-dealkylation sites (tertiary alicyclic amines) is 1. The molecule has 0 aliphatic carbocycles. The number of halogens is 3. The van der Waals surface area contributed by atoms with Crippen LogP contribution in [-0.4, -0.2) is 40.0 Å². The fourth-order valence-corrected chi connectivity index (χ4v) is 4.91. The Kier molecular flexibility index (Phi) is 5.80. The van der Waals surface area contributed by atoms with Crippen LogP contribution in [0.2, 0.25) is 5.02 Å². The number of nitrogens with one attached hydrogen (secondary N) is 2. The second-order valence-corrected chi connectivity index (χ2v) is 8.88. The van der Waals surface area contributed by atoms with Gasteiger partial charge in [-0.3, -0.25) is 10.1 Å². The summed E-state index contributed by atoms with van der Waals surface area (Å²) in [7, 11) is 0. The third-order valence-corrected chi connectivity index (χ3v) is 6.61. The standard InChI is InChI=1S/C25H21ClF2N4O3/c1-2-16(14-4-6-15(27)7-5-14)22-29-12-19(30-22)23(33)32-11-3-10-25(13-32)20-18(31-24(34)35-25)9-8-17(26)21(20)28/h2,4-9,12H,3,10-11,13H2,1H3,(H,29,30)(H,31,34)/b16-2+/t25-/m0/s1. The topological polar surface area (TPSA) is 87.3 Å². The highest BCUT2D eigenvalue weighted by Gasteiger charge is 2.48. The number of hydrogen-bond donors (Lipinski definition) is 2. The zero-order chi connectivity index (χ0) is 24.7. The third-order valence-electron chi connectivity index (χ3n) is 6.32. The Morgan fingerprint density at radius 2 is 2.00 bits per heavy atom. The molecule has 2 aliphatic rings. The Hall–Kier alpha value is -3.72. The van der Waals surface area contributed by atoms with E-state index < -0.39 is 17.5 Å². The maximum absolute atomic E-state index is 15.1. The lowest BCUT2D eigenvalue weighted by Crippen LogP contribution is -2.53. The predicted octanol–water partition coefficient (Wildman–Crippen LogP) is 5.49. The molecule has 180 valence electrons. The van der Waals surface area contributed by atoms with Crippen LogP contribution in [-0.2, 0) is 10.3 Å². The Balaban J connectivity index is 1.44. The maximum atomic E-state index is 15.1. The first kappa shape index (κ1) is 23.0. The smallest absolute Gasteiger partial charge is 0.412 e. The van der Waals surface area contributed by atoms with Crippen molar-refractivity contribution in [3.63, 3.8) is 0 Å². The number of hydrogen-bond acceptors (Lipinski definition) is 4. The summed E-state index contributed by atoms with van der Waals surface area (Å²) in [5, 5.41) is 2.41. The molecule has 2 aliphatic heterocycles. The van der Waals surface area contributed by atoms with Crippen molar-refractivity contribution in [1.29, 1.82) is 0 Å². The minimum absolute atomic E-state index is 0.0354. The molecule has 2 aromatic carbocycles. The monoisotopic (exact) mass is 498 g/mol. The highest BCUT2D eigenvalue weighted by molar-refractivity contribution is 6.31. The quantitative estimate of drug-likeness (QED) is 0.500. The van der Waals surface area contributed by atoms with Gasteiger partial charge in [-0.25, -0.2) is 18.6 Å². The van der Waals surface area contributed by atoms with E-state index in [2.05, 4.69) is 15.3 Å². The number of carbonyl (C=O) groups is 2. The van der Waals surface area contributed by atoms with Crippen LogP contribution in [0.4, 0.5) is 19.3 Å². The van der Waals surface area contributed by atoms with Crippen LogP contribution >= 0.6 is 11.6 Å². The minimum Gasteiger partial charge on any atom is -0.436 e. The molecule has 1 atom stereocenters. The molecule has 5 rings (SSSR count). The van der Waals surface area contributed by atoms with Gasteiger partial charge in [0.1, 0.15) is 17.3 Å². The number of nitrogens with zero attached hydrogens (tertiary/aromatic N) is 2. The molecule has 1 spiro atoms. The van der Waals surface area contributed by atoms with Crippen LogP contribution in [0, 0.1) is 11.6 Å². The molecule has 7 nitrogen and oxygen atoms in total. The predicted molar refractivity (Wildman–Crippen MR) is 126 cm³/mol. The van der Waals surface area contributed by atoms with E-state index in [4.69, 9.17) is 16.3 Å². The van der Waals surface area contributed by atoms with E-state index in [9.17, 15) is 14.0 Å². The van der Waals surface area contributed by atoms with Crippen LogP contribution < -0.4 is 5.32 Å². The number of fused-ring (bicyclic) bond motifs is 2. The highest BCUT2D eigenvalue weighted by Crippen LogP contribution is 2.45. The van der Waals surface area contributed by atoms with Crippen molar-refractivity contribution in [1.82, 2.24) is 14.9 Å². The third kappa shape index (κ3) is 4.05. The van der Waals surface area contributed by atoms with Gasteiger partial charge in [0, 0.05) is 12.1 Å². The molecule has 2 amide bonds. The van der Waals surface area contributed by atoms with Crippen LogP contribution in [0.15, 0.2) is 48.7 Å². The summed E-state index contributed by atoms with van der Waals surface area (Å²) in [6, 6.07) is 8.86. The van der Waals surface area contributed by atoms with Crippen molar-refractivity contribution in [3.8, 4) is 0 Å². The number of carbonyl (C=O) groups excluding carboxylic acids is 2. The Bertz CT molecular complexity index is 1360. The number of amides is 2. The van der Waals surface area contributed by atoms with Gasteiger partial charge in [0.2, 0.25) is 0 Å². The fourth-order valence-electron chi connectivity index (χ4n) is 4.75. The van der Waals surface area contributed by atoms with Crippen LogP contribution in [0.5, 0.6) is 0 Å². The highest BCUT2D eigenvalue weighted by atomic mass is 35.5. The van der Waals surface area contributed by atoms with Crippen molar-refractivity contribution in [2.75, 3.05) is 18.4 Å². The second kappa shape index (κ2) is 8.81. The number of imidazole rings is 1. The van der Waals surface area contributed by atoms with Gasteiger partial charge >= 0.3 is 6.09 Å². The molecule has 10 heteroatoms. The van der Waals surface area contributed by atoms with Gasteiger partial charge in [0.05, 0.1) is 29.0 Å². The van der Waals surface area contributed by atoms with Gasteiger partial charge in [0.25, 0.3) is 5.91 Å². The molecule has 1 saturated heterocycles. The van der Waals surface area contributed by atoms with E-state index in [0.29, 0.717) is 30.8 Å². The van der Waals surface area contributed by atoms with Crippen molar-refractivity contribution in [3.05, 3.63) is 88.0 Å². The number of aromatic amines is 1. The molecule has 3 heterocycles. The molecule has 0 bridgehead atoms. The van der Waals surface area contributed by atoms with Gasteiger partial charge in [-0.1, -0.05) is 29.8 Å². The van der Waals surface area contributed by atoms with Crippen LogP contribution in [0.25, 0.3) is 5.57 Å². The number of anilines is 1. The summed E-state index contributed by atoms with van der Waals surface area (Å²) < 4.78 is 34.0. The molecule has 3 aromatic rings. The molecule has 1 aromatic heterocycles. The normalized spacial score (nSPS) is 19.8. The van der Waals surface area contributed by atoms with Gasteiger partial charge in [-0.05, 0) is 49.6 Å². The van der Waals surface area contributed by atoms with Gasteiger partial charge in [-0.15, -0.1) is 0 Å². The average molecular weight is 499 g/mol. The Morgan fingerprint density at radius 3 is 2.74 bits per heavy atom. The van der Waals surface area contributed by atoms with Gasteiger partial charge in [0.15, 0.2) is 11.4 Å². The van der Waals surface area contributed by atoms with Crippen molar-refractivity contribution in [2.24, 2.45) is 0 Å². The first-order chi connectivity index (χ1) is 16.8. The lowest BCUT2D eigenvalue weighted by Gasteiger charge is -2.45. The number of piperidine rings is 1. The van der Waals surface area contributed by atoms with E-state index in [1.807, 2.05) is 13.0 Å². The van der Waals surface area contributed by atoms with E-state index in [1.54, 1.807) is 12.1 Å². The molecular weight excluding hydrogens is 478 g/mol. The van der Waals surface area contributed by atoms with Crippen molar-refractivity contribution in [2.45, 2.75) is 25.4 Å². The van der Waals surface area contributed by atoms with Crippen molar-refractivity contribution < 1.29 is 23.1 Å². The van der Waals surface area contributed by atoms with Gasteiger partial charge in [-0.2, -0.15) is 0 Å². The SMILES string of the molecule is C/C=C(\c1ccc(F)cc1)c1ncc(C(=O)N2CCC[C@@]3(C2)OC(=O)Nc2ccc(Cl)c(F)c23)[nH]1. The Morgan fingerprint density at radius 1 is 1.23 bits per heavy atom. The summed E-state index contributed by atoms with van der Waals surface area (Å²) in [5.74, 6) is -0.947. The van der Waals surface area contributed by atoms with Crippen molar-refractivity contribution >= 4 is 34.9 Å². The second-order valence-electron chi connectivity index (χ2n) is 8.48. The number of ether oxygens (including phenoxy) is 1. The van der Waals surface area contributed by atoms with E-state index >= 15 is 4.39 Å².